The molecule has 0 aliphatic carbocycles. The number of carbonyl (C=O) groups excluding carboxylic acids is 1. The molecule has 2 rings (SSSR count). The van der Waals surface area contributed by atoms with Crippen LogP contribution in [0.1, 0.15) is 43.0 Å². The van der Waals surface area contributed by atoms with Crippen LogP contribution in [-0.2, 0) is 21.5 Å². The third kappa shape index (κ3) is 5.51. The molecule has 0 atom stereocenters. The Morgan fingerprint density at radius 3 is 2.03 bits per heavy atom. The van der Waals surface area contributed by atoms with Gasteiger partial charge in [-0.2, -0.15) is 8.42 Å². The molecule has 1 saturated heterocycles. The Balaban J connectivity index is 2.28. The molecule has 1 aliphatic heterocycles. The van der Waals surface area contributed by atoms with Crippen LogP contribution in [-0.4, -0.2) is 73.3 Å². The SMILES string of the molecule is Cc1c(CN2CCN(C(=O)OC(C)(C)C)CC2)c(C)c(S(=O)(=O)F)c(C)c1B(O)O. The van der Waals surface area contributed by atoms with Crippen LogP contribution >= 0.6 is 0 Å². The van der Waals surface area contributed by atoms with Gasteiger partial charge in [0, 0.05) is 32.7 Å². The molecule has 8 nitrogen and oxygen atoms in total. The quantitative estimate of drug-likeness (QED) is 0.527. The van der Waals surface area contributed by atoms with E-state index in [1.165, 1.54) is 13.8 Å². The monoisotopic (exact) mass is 444 g/mol. The summed E-state index contributed by atoms with van der Waals surface area (Å²) in [7, 11) is -6.97. The number of halogens is 1. The highest BCUT2D eigenvalue weighted by atomic mass is 32.3. The second kappa shape index (κ2) is 8.82. The van der Waals surface area contributed by atoms with Crippen LogP contribution in [0.5, 0.6) is 0 Å². The van der Waals surface area contributed by atoms with E-state index in [1.54, 1.807) is 32.6 Å². The average Bonchev–Trinajstić information content (AvgIpc) is 2.56. The fourth-order valence-electron chi connectivity index (χ4n) is 3.89. The minimum absolute atomic E-state index is 0.000726. The molecular weight excluding hydrogens is 414 g/mol. The maximum absolute atomic E-state index is 14.0. The van der Waals surface area contributed by atoms with Crippen molar-refractivity contribution in [3.63, 3.8) is 0 Å². The van der Waals surface area contributed by atoms with Crippen molar-refractivity contribution < 1.29 is 31.9 Å². The van der Waals surface area contributed by atoms with Crippen LogP contribution in [0.3, 0.4) is 0 Å². The van der Waals surface area contributed by atoms with Gasteiger partial charge in [0.15, 0.2) is 0 Å². The number of piperazine rings is 1. The topological polar surface area (TPSA) is 107 Å². The van der Waals surface area contributed by atoms with E-state index in [4.69, 9.17) is 4.74 Å². The predicted octanol–water partition coefficient (Wildman–Crippen LogP) is 1.00. The normalized spacial score (nSPS) is 16.0. The molecule has 1 aromatic rings. The van der Waals surface area contributed by atoms with Gasteiger partial charge in [0.1, 0.15) is 10.5 Å². The molecule has 168 valence electrons. The molecule has 30 heavy (non-hydrogen) atoms. The van der Waals surface area contributed by atoms with Gasteiger partial charge in [0.05, 0.1) is 0 Å². The van der Waals surface area contributed by atoms with Gasteiger partial charge in [0.25, 0.3) is 0 Å². The highest BCUT2D eigenvalue weighted by Gasteiger charge is 2.31. The van der Waals surface area contributed by atoms with Gasteiger partial charge in [-0.1, -0.05) is 0 Å². The van der Waals surface area contributed by atoms with Crippen LogP contribution in [0.25, 0.3) is 0 Å². The maximum Gasteiger partial charge on any atom is 0.489 e. The van der Waals surface area contributed by atoms with Gasteiger partial charge in [-0.25, -0.2) is 4.79 Å². The summed E-state index contributed by atoms with van der Waals surface area (Å²) in [5, 5.41) is 19.5. The highest BCUT2D eigenvalue weighted by Crippen LogP contribution is 2.28. The Kier molecular flexibility index (Phi) is 7.23. The van der Waals surface area contributed by atoms with Crippen molar-refractivity contribution in [1.29, 1.82) is 0 Å². The molecule has 0 radical (unpaired) electrons. The molecule has 0 spiro atoms. The van der Waals surface area contributed by atoms with Crippen LogP contribution in [0.4, 0.5) is 8.68 Å². The largest absolute Gasteiger partial charge is 0.489 e. The second-order valence-corrected chi connectivity index (χ2v) is 9.94. The molecule has 0 saturated carbocycles. The van der Waals surface area contributed by atoms with Crippen LogP contribution < -0.4 is 5.46 Å². The standard InChI is InChI=1S/C19H30BFN2O6S/c1-12-15(13(2)17(30(21,27)28)14(3)16(12)20(25)26)11-22-7-9-23(10-8-22)18(24)29-19(4,5)6/h25-26H,7-11H2,1-6H3. The van der Waals surface area contributed by atoms with E-state index in [0.717, 1.165) is 0 Å². The lowest BCUT2D eigenvalue weighted by molar-refractivity contribution is 0.0138. The first-order chi connectivity index (χ1) is 13.6. The van der Waals surface area contributed by atoms with Crippen LogP contribution in [0.2, 0.25) is 0 Å². The molecule has 2 N–H and O–H groups in total. The molecule has 11 heteroatoms. The zero-order valence-electron chi connectivity index (χ0n) is 18.3. The number of nitrogens with zero attached hydrogens (tertiary/aromatic N) is 2. The van der Waals surface area contributed by atoms with E-state index in [0.29, 0.717) is 43.9 Å². The Morgan fingerprint density at radius 2 is 1.60 bits per heavy atom. The molecule has 1 amide bonds. The first-order valence-corrected chi connectivity index (χ1v) is 11.2. The lowest BCUT2D eigenvalue weighted by atomic mass is 9.72. The number of hydrogen-bond acceptors (Lipinski definition) is 7. The number of rotatable bonds is 4. The molecule has 0 bridgehead atoms. The number of hydrogen-bond donors (Lipinski definition) is 2. The van der Waals surface area contributed by atoms with Crippen molar-refractivity contribution in [2.75, 3.05) is 26.2 Å². The summed E-state index contributed by atoms with van der Waals surface area (Å²) in [5.74, 6) is 0. The van der Waals surface area contributed by atoms with Gasteiger partial charge in [-0.05, 0) is 69.3 Å². The maximum atomic E-state index is 14.0. The Hall–Kier alpha value is -1.69. The Bertz CT molecular complexity index is 922. The summed E-state index contributed by atoms with van der Waals surface area (Å²) in [6.07, 6.45) is -0.388. The first kappa shape index (κ1) is 24.6. The van der Waals surface area contributed by atoms with Gasteiger partial charge in [-0.3, -0.25) is 4.90 Å². The lowest BCUT2D eigenvalue weighted by Crippen LogP contribution is -2.50. The van der Waals surface area contributed by atoms with Gasteiger partial charge in [-0.15, -0.1) is 3.89 Å². The van der Waals surface area contributed by atoms with E-state index >= 15 is 0 Å². The van der Waals surface area contributed by atoms with Crippen molar-refractivity contribution >= 4 is 28.9 Å². The highest BCUT2D eigenvalue weighted by molar-refractivity contribution is 7.86. The number of amides is 1. The van der Waals surface area contributed by atoms with Crippen LogP contribution in [0, 0.1) is 20.8 Å². The van der Waals surface area contributed by atoms with Crippen molar-refractivity contribution in [2.45, 2.75) is 58.6 Å². The van der Waals surface area contributed by atoms with Gasteiger partial charge in [0.2, 0.25) is 0 Å². The second-order valence-electron chi connectivity index (χ2n) is 8.65. The van der Waals surface area contributed by atoms with Crippen LogP contribution in [0.15, 0.2) is 4.90 Å². The van der Waals surface area contributed by atoms with Crippen molar-refractivity contribution in [3.8, 4) is 0 Å². The van der Waals surface area contributed by atoms with Crippen molar-refractivity contribution in [3.05, 3.63) is 22.3 Å². The van der Waals surface area contributed by atoms with Crippen molar-refractivity contribution in [1.82, 2.24) is 9.80 Å². The number of carbonyl (C=O) groups is 1. The summed E-state index contributed by atoms with van der Waals surface area (Å²) in [5.41, 5.74) is 0.722. The smallest absolute Gasteiger partial charge is 0.444 e. The summed E-state index contributed by atoms with van der Waals surface area (Å²) in [4.78, 5) is 15.3. The lowest BCUT2D eigenvalue weighted by Gasteiger charge is -2.36. The molecule has 1 fully saturated rings. The first-order valence-electron chi connectivity index (χ1n) is 9.77. The summed E-state index contributed by atoms with van der Waals surface area (Å²) >= 11 is 0. The Morgan fingerprint density at radius 1 is 1.07 bits per heavy atom. The molecule has 0 aromatic heterocycles. The van der Waals surface area contributed by atoms with E-state index < -0.39 is 27.8 Å². The van der Waals surface area contributed by atoms with E-state index in [2.05, 4.69) is 0 Å². The van der Waals surface area contributed by atoms with E-state index in [-0.39, 0.29) is 22.7 Å². The van der Waals surface area contributed by atoms with E-state index in [1.807, 2.05) is 4.90 Å². The fraction of sp³-hybridized carbons (Fsp3) is 0.632. The fourth-order valence-corrected chi connectivity index (χ4v) is 4.86. The zero-order valence-corrected chi connectivity index (χ0v) is 19.1. The third-order valence-corrected chi connectivity index (χ3v) is 6.40. The van der Waals surface area contributed by atoms with Gasteiger partial charge < -0.3 is 19.7 Å². The Labute approximate surface area is 178 Å². The number of benzene rings is 1. The average molecular weight is 444 g/mol. The minimum atomic E-state index is -5.05. The van der Waals surface area contributed by atoms with E-state index in [9.17, 15) is 27.1 Å². The molecule has 1 aliphatic rings. The molecule has 1 aromatic carbocycles. The predicted molar refractivity (Wildman–Crippen MR) is 112 cm³/mol. The molecule has 1 heterocycles. The number of ether oxygens (including phenoxy) is 1. The third-order valence-electron chi connectivity index (χ3n) is 5.30. The zero-order chi connectivity index (χ0) is 23.0. The minimum Gasteiger partial charge on any atom is -0.444 e. The van der Waals surface area contributed by atoms with Crippen molar-refractivity contribution in [2.24, 2.45) is 0 Å². The van der Waals surface area contributed by atoms with Gasteiger partial charge >= 0.3 is 23.4 Å². The summed E-state index contributed by atoms with van der Waals surface area (Å²) < 4.78 is 42.8. The molecule has 0 unspecified atom stereocenters. The summed E-state index contributed by atoms with van der Waals surface area (Å²) in [6, 6.07) is 0. The summed E-state index contributed by atoms with van der Waals surface area (Å²) in [6.45, 7) is 12.1. The molecular formula is C19H30BFN2O6S.